The lowest BCUT2D eigenvalue weighted by molar-refractivity contribution is 0.419. The molecule has 5 nitrogen and oxygen atoms in total. The van der Waals surface area contributed by atoms with Crippen molar-refractivity contribution in [2.45, 2.75) is 20.4 Å². The van der Waals surface area contributed by atoms with E-state index in [0.29, 0.717) is 18.3 Å². The second-order valence-electron chi connectivity index (χ2n) is 3.05. The minimum absolute atomic E-state index is 0.493. The van der Waals surface area contributed by atoms with Crippen molar-refractivity contribution in [2.24, 2.45) is 0 Å². The summed E-state index contributed by atoms with van der Waals surface area (Å²) in [6.07, 6.45) is 0. The van der Waals surface area contributed by atoms with Gasteiger partial charge in [-0.05, 0) is 13.5 Å². The summed E-state index contributed by atoms with van der Waals surface area (Å²) in [6.45, 7) is 5.50. The molecule has 0 amide bonds. The lowest BCUT2D eigenvalue weighted by atomic mass is 10.5. The van der Waals surface area contributed by atoms with Gasteiger partial charge in [-0.3, -0.25) is 0 Å². The van der Waals surface area contributed by atoms with Crippen molar-refractivity contribution in [1.29, 1.82) is 0 Å². The van der Waals surface area contributed by atoms with Crippen molar-refractivity contribution < 1.29 is 4.52 Å². The van der Waals surface area contributed by atoms with E-state index in [9.17, 15) is 0 Å². The van der Waals surface area contributed by atoms with Gasteiger partial charge in [0.15, 0.2) is 5.82 Å². The number of aromatic nitrogens is 3. The zero-order valence-electron chi connectivity index (χ0n) is 8.65. The zero-order chi connectivity index (χ0) is 10.7. The number of hydrogen-bond acceptors (Lipinski definition) is 6. The average molecular weight is 224 g/mol. The predicted molar refractivity (Wildman–Crippen MR) is 57.5 cm³/mol. The Morgan fingerprint density at radius 1 is 1.47 bits per heavy atom. The molecule has 1 N–H and O–H groups in total. The van der Waals surface area contributed by atoms with Crippen LogP contribution in [0.1, 0.15) is 17.8 Å². The molecular weight excluding hydrogens is 212 g/mol. The van der Waals surface area contributed by atoms with Crippen LogP contribution in [0.3, 0.4) is 0 Å². The van der Waals surface area contributed by atoms with Gasteiger partial charge >= 0.3 is 0 Å². The maximum atomic E-state index is 5.10. The van der Waals surface area contributed by atoms with Crippen LogP contribution < -0.4 is 5.32 Å². The zero-order valence-corrected chi connectivity index (χ0v) is 9.47. The van der Waals surface area contributed by atoms with E-state index in [4.69, 9.17) is 4.52 Å². The average Bonchev–Trinajstić information content (AvgIpc) is 2.83. The van der Waals surface area contributed by atoms with E-state index in [0.717, 1.165) is 17.2 Å². The Morgan fingerprint density at radius 2 is 2.33 bits per heavy atom. The number of thiazole rings is 1. The van der Waals surface area contributed by atoms with Gasteiger partial charge in [0.05, 0.1) is 11.6 Å². The molecule has 15 heavy (non-hydrogen) atoms. The summed E-state index contributed by atoms with van der Waals surface area (Å²) in [6, 6.07) is 0. The summed E-state index contributed by atoms with van der Waals surface area (Å²) in [5, 5.41) is 9.90. The molecule has 2 heterocycles. The molecule has 0 aromatic carbocycles. The molecule has 2 rings (SSSR count). The van der Waals surface area contributed by atoms with Gasteiger partial charge < -0.3 is 9.84 Å². The molecule has 0 atom stereocenters. The molecule has 0 bridgehead atoms. The minimum atomic E-state index is 0.493. The standard InChI is InChI=1S/C9H12N4OS/c1-3-10-4-8-12-9(14-13-8)7-5-15-6(2)11-7/h5,10H,3-4H2,1-2H3. The van der Waals surface area contributed by atoms with Crippen molar-refractivity contribution >= 4 is 11.3 Å². The first-order chi connectivity index (χ1) is 7.29. The maximum absolute atomic E-state index is 5.10. The molecule has 0 aliphatic rings. The highest BCUT2D eigenvalue weighted by Crippen LogP contribution is 2.19. The van der Waals surface area contributed by atoms with Crippen LogP contribution in [0.4, 0.5) is 0 Å². The molecule has 6 heteroatoms. The van der Waals surface area contributed by atoms with Crippen LogP contribution in [0.25, 0.3) is 11.6 Å². The van der Waals surface area contributed by atoms with E-state index in [1.54, 1.807) is 11.3 Å². The number of hydrogen-bond donors (Lipinski definition) is 1. The molecule has 0 unspecified atom stereocenters. The second kappa shape index (κ2) is 4.50. The molecule has 0 spiro atoms. The van der Waals surface area contributed by atoms with Crippen molar-refractivity contribution in [3.63, 3.8) is 0 Å². The third-order valence-electron chi connectivity index (χ3n) is 1.84. The monoisotopic (exact) mass is 224 g/mol. The van der Waals surface area contributed by atoms with E-state index >= 15 is 0 Å². The van der Waals surface area contributed by atoms with Gasteiger partial charge in [0.25, 0.3) is 5.89 Å². The highest BCUT2D eigenvalue weighted by atomic mass is 32.1. The van der Waals surface area contributed by atoms with Crippen LogP contribution in [0.2, 0.25) is 0 Å². The molecule has 2 aromatic rings. The SMILES string of the molecule is CCNCc1noc(-c2csc(C)n2)n1. The molecule has 0 aliphatic carbocycles. The molecule has 2 aromatic heterocycles. The Labute approximate surface area is 91.5 Å². The number of rotatable bonds is 4. The second-order valence-corrected chi connectivity index (χ2v) is 4.11. The molecule has 0 fully saturated rings. The van der Waals surface area contributed by atoms with Crippen LogP contribution in [0.15, 0.2) is 9.90 Å². The summed E-state index contributed by atoms with van der Waals surface area (Å²) in [5.41, 5.74) is 0.757. The lowest BCUT2D eigenvalue weighted by Gasteiger charge is -1.91. The quantitative estimate of drug-likeness (QED) is 0.854. The largest absolute Gasteiger partial charge is 0.332 e. The Kier molecular flexibility index (Phi) is 3.08. The molecule has 0 radical (unpaired) electrons. The van der Waals surface area contributed by atoms with Crippen LogP contribution in [0.5, 0.6) is 0 Å². The third kappa shape index (κ3) is 2.40. The minimum Gasteiger partial charge on any atom is -0.332 e. The van der Waals surface area contributed by atoms with Crippen LogP contribution in [-0.4, -0.2) is 21.7 Å². The summed E-state index contributed by atoms with van der Waals surface area (Å²) in [7, 11) is 0. The van der Waals surface area contributed by atoms with E-state index in [1.165, 1.54) is 0 Å². The molecule has 0 saturated heterocycles. The predicted octanol–water partition coefficient (Wildman–Crippen LogP) is 1.61. The van der Waals surface area contributed by atoms with Gasteiger partial charge in [0.1, 0.15) is 5.69 Å². The van der Waals surface area contributed by atoms with E-state index < -0.39 is 0 Å². The smallest absolute Gasteiger partial charge is 0.277 e. The number of aryl methyl sites for hydroxylation is 1. The van der Waals surface area contributed by atoms with Crippen molar-refractivity contribution in [1.82, 2.24) is 20.4 Å². The highest BCUT2D eigenvalue weighted by molar-refractivity contribution is 7.09. The summed E-state index contributed by atoms with van der Waals surface area (Å²) >= 11 is 1.57. The normalized spacial score (nSPS) is 10.8. The summed E-state index contributed by atoms with van der Waals surface area (Å²) < 4.78 is 5.10. The third-order valence-corrected chi connectivity index (χ3v) is 2.61. The first-order valence-electron chi connectivity index (χ1n) is 4.75. The van der Waals surface area contributed by atoms with Gasteiger partial charge in [0.2, 0.25) is 0 Å². The molecular formula is C9H12N4OS. The van der Waals surface area contributed by atoms with Crippen LogP contribution in [-0.2, 0) is 6.54 Å². The highest BCUT2D eigenvalue weighted by Gasteiger charge is 2.10. The van der Waals surface area contributed by atoms with Crippen LogP contribution in [0, 0.1) is 6.92 Å². The molecule has 0 aliphatic heterocycles. The lowest BCUT2D eigenvalue weighted by Crippen LogP contribution is -2.12. The topological polar surface area (TPSA) is 63.8 Å². The van der Waals surface area contributed by atoms with E-state index in [2.05, 4.69) is 20.4 Å². The van der Waals surface area contributed by atoms with Gasteiger partial charge in [-0.2, -0.15) is 4.98 Å². The fourth-order valence-corrected chi connectivity index (χ4v) is 1.72. The fourth-order valence-electron chi connectivity index (χ4n) is 1.13. The van der Waals surface area contributed by atoms with Crippen LogP contribution >= 0.6 is 11.3 Å². The Hall–Kier alpha value is -1.27. The van der Waals surface area contributed by atoms with E-state index in [-0.39, 0.29) is 0 Å². The first-order valence-corrected chi connectivity index (χ1v) is 5.63. The number of nitrogens with one attached hydrogen (secondary N) is 1. The molecule has 0 saturated carbocycles. The van der Waals surface area contributed by atoms with Gasteiger partial charge in [-0.25, -0.2) is 4.98 Å². The van der Waals surface area contributed by atoms with Crippen molar-refractivity contribution in [3.05, 3.63) is 16.2 Å². The van der Waals surface area contributed by atoms with Gasteiger partial charge in [0, 0.05) is 5.38 Å². The van der Waals surface area contributed by atoms with Gasteiger partial charge in [-0.1, -0.05) is 12.1 Å². The van der Waals surface area contributed by atoms with Crippen molar-refractivity contribution in [2.75, 3.05) is 6.54 Å². The van der Waals surface area contributed by atoms with E-state index in [1.807, 2.05) is 19.2 Å². The molecule has 80 valence electrons. The number of nitrogens with zero attached hydrogens (tertiary/aromatic N) is 3. The Morgan fingerprint density at radius 3 is 3.00 bits per heavy atom. The first kappa shape index (κ1) is 10.3. The Bertz CT molecular complexity index is 437. The fraction of sp³-hybridized carbons (Fsp3) is 0.444. The Balaban J connectivity index is 2.13. The van der Waals surface area contributed by atoms with Crippen molar-refractivity contribution in [3.8, 4) is 11.6 Å². The van der Waals surface area contributed by atoms with Gasteiger partial charge in [-0.15, -0.1) is 11.3 Å². The summed E-state index contributed by atoms with van der Waals surface area (Å²) in [5.74, 6) is 1.16. The maximum Gasteiger partial charge on any atom is 0.277 e. The summed E-state index contributed by atoms with van der Waals surface area (Å²) in [4.78, 5) is 8.51.